The molecular weight excluding hydrogens is 250 g/mol. The first kappa shape index (κ1) is 14.5. The molecule has 0 atom stereocenters. The third kappa shape index (κ3) is 4.31. The highest BCUT2D eigenvalue weighted by atomic mass is 16.5. The van der Waals surface area contributed by atoms with Crippen molar-refractivity contribution in [1.82, 2.24) is 15.3 Å². The molecule has 4 heteroatoms. The average Bonchev–Trinajstić information content (AvgIpc) is 2.49. The molecule has 0 amide bonds. The number of nitrogens with one attached hydrogen (secondary N) is 1. The molecule has 0 aliphatic rings. The summed E-state index contributed by atoms with van der Waals surface area (Å²) in [5.41, 5.74) is 2.24. The van der Waals surface area contributed by atoms with Crippen molar-refractivity contribution < 1.29 is 4.74 Å². The molecule has 0 spiro atoms. The van der Waals surface area contributed by atoms with Crippen LogP contribution in [0.2, 0.25) is 0 Å². The Labute approximate surface area is 120 Å². The van der Waals surface area contributed by atoms with E-state index in [0.29, 0.717) is 5.88 Å². The molecule has 0 radical (unpaired) electrons. The number of nitrogens with zero attached hydrogens (tertiary/aromatic N) is 2. The van der Waals surface area contributed by atoms with E-state index in [9.17, 15) is 0 Å². The first-order valence-electron chi connectivity index (χ1n) is 7.10. The Morgan fingerprint density at radius 1 is 1.05 bits per heavy atom. The van der Waals surface area contributed by atoms with Gasteiger partial charge in [-0.1, -0.05) is 32.4 Å². The minimum absolute atomic E-state index is 0.522. The lowest BCUT2D eigenvalue weighted by molar-refractivity contribution is 0.458. The summed E-state index contributed by atoms with van der Waals surface area (Å²) in [4.78, 5) is 8.57. The lowest BCUT2D eigenvalue weighted by Crippen LogP contribution is -2.13. The third-order valence-corrected chi connectivity index (χ3v) is 2.92. The van der Waals surface area contributed by atoms with Gasteiger partial charge in [-0.2, -0.15) is 0 Å². The van der Waals surface area contributed by atoms with Crippen LogP contribution in [0.3, 0.4) is 0 Å². The molecule has 0 aliphatic carbocycles. The highest BCUT2D eigenvalue weighted by Crippen LogP contribution is 2.19. The first-order chi connectivity index (χ1) is 9.81. The largest absolute Gasteiger partial charge is 0.438 e. The van der Waals surface area contributed by atoms with Crippen molar-refractivity contribution in [1.29, 1.82) is 0 Å². The summed E-state index contributed by atoms with van der Waals surface area (Å²) in [7, 11) is 0. The van der Waals surface area contributed by atoms with Crippen LogP contribution in [0.25, 0.3) is 0 Å². The molecule has 0 saturated heterocycles. The Bertz CT molecular complexity index is 508. The summed E-state index contributed by atoms with van der Waals surface area (Å²) in [5, 5.41) is 3.21. The minimum Gasteiger partial charge on any atom is -0.438 e. The molecule has 2 rings (SSSR count). The summed E-state index contributed by atoms with van der Waals surface area (Å²) in [6.07, 6.45) is 5.65. The van der Waals surface area contributed by atoms with Crippen molar-refractivity contribution >= 4 is 0 Å². The molecular formula is C16H21N3O. The standard InChI is InChI=1S/C16H21N3O/c1-3-5-13-6-8-15(9-7-13)20-16-12-18-14(11-19-16)10-17-4-2/h6-9,11-12,17H,3-5,10H2,1-2H3. The van der Waals surface area contributed by atoms with Gasteiger partial charge in [0.25, 0.3) is 0 Å². The van der Waals surface area contributed by atoms with Gasteiger partial charge in [-0.05, 0) is 30.7 Å². The maximum atomic E-state index is 5.68. The predicted octanol–water partition coefficient (Wildman–Crippen LogP) is 3.33. The van der Waals surface area contributed by atoms with Crippen LogP contribution in [0, 0.1) is 0 Å². The fraction of sp³-hybridized carbons (Fsp3) is 0.375. The van der Waals surface area contributed by atoms with E-state index < -0.39 is 0 Å². The number of hydrogen-bond acceptors (Lipinski definition) is 4. The topological polar surface area (TPSA) is 47.0 Å². The van der Waals surface area contributed by atoms with Crippen molar-refractivity contribution in [3.05, 3.63) is 47.9 Å². The van der Waals surface area contributed by atoms with Gasteiger partial charge in [-0.15, -0.1) is 0 Å². The molecule has 4 nitrogen and oxygen atoms in total. The summed E-state index contributed by atoms with van der Waals surface area (Å²) in [6, 6.07) is 8.12. The second kappa shape index (κ2) is 7.60. The zero-order chi connectivity index (χ0) is 14.2. The van der Waals surface area contributed by atoms with E-state index in [1.807, 2.05) is 12.1 Å². The highest BCUT2D eigenvalue weighted by Gasteiger charge is 2.01. The minimum atomic E-state index is 0.522. The van der Waals surface area contributed by atoms with Gasteiger partial charge in [-0.3, -0.25) is 4.98 Å². The van der Waals surface area contributed by atoms with Gasteiger partial charge >= 0.3 is 0 Å². The van der Waals surface area contributed by atoms with E-state index in [0.717, 1.165) is 37.4 Å². The zero-order valence-electron chi connectivity index (χ0n) is 12.1. The lowest BCUT2D eigenvalue weighted by atomic mass is 10.1. The van der Waals surface area contributed by atoms with Crippen LogP contribution in [0.15, 0.2) is 36.7 Å². The van der Waals surface area contributed by atoms with Gasteiger partial charge < -0.3 is 10.1 Å². The molecule has 1 aromatic carbocycles. The van der Waals surface area contributed by atoms with Crippen LogP contribution in [-0.4, -0.2) is 16.5 Å². The van der Waals surface area contributed by atoms with Crippen LogP contribution >= 0.6 is 0 Å². The van der Waals surface area contributed by atoms with Gasteiger partial charge in [0.2, 0.25) is 5.88 Å². The molecule has 0 saturated carbocycles. The molecule has 1 N–H and O–H groups in total. The van der Waals surface area contributed by atoms with Crippen molar-refractivity contribution in [3.63, 3.8) is 0 Å². The van der Waals surface area contributed by atoms with Crippen LogP contribution in [-0.2, 0) is 13.0 Å². The summed E-state index contributed by atoms with van der Waals surface area (Å²) in [5.74, 6) is 1.31. The maximum Gasteiger partial charge on any atom is 0.237 e. The quantitative estimate of drug-likeness (QED) is 0.839. The SMILES string of the molecule is CCCc1ccc(Oc2cnc(CNCC)cn2)cc1. The smallest absolute Gasteiger partial charge is 0.237 e. The molecule has 20 heavy (non-hydrogen) atoms. The molecule has 0 aliphatic heterocycles. The Kier molecular flexibility index (Phi) is 5.50. The van der Waals surface area contributed by atoms with E-state index in [1.54, 1.807) is 12.4 Å². The van der Waals surface area contributed by atoms with E-state index in [4.69, 9.17) is 4.74 Å². The predicted molar refractivity (Wildman–Crippen MR) is 79.9 cm³/mol. The summed E-state index contributed by atoms with van der Waals surface area (Å²) >= 11 is 0. The molecule has 2 aromatic rings. The second-order valence-electron chi connectivity index (χ2n) is 4.62. The van der Waals surface area contributed by atoms with E-state index >= 15 is 0 Å². The van der Waals surface area contributed by atoms with Gasteiger partial charge in [0.1, 0.15) is 5.75 Å². The van der Waals surface area contributed by atoms with Gasteiger partial charge in [0, 0.05) is 6.54 Å². The monoisotopic (exact) mass is 271 g/mol. The summed E-state index contributed by atoms with van der Waals surface area (Å²) < 4.78 is 5.68. The molecule has 1 aromatic heterocycles. The van der Waals surface area contributed by atoms with Crippen molar-refractivity contribution in [2.75, 3.05) is 6.54 Å². The molecule has 0 unspecified atom stereocenters. The van der Waals surface area contributed by atoms with Gasteiger partial charge in [-0.25, -0.2) is 4.98 Å². The Balaban J connectivity index is 1.95. The van der Waals surface area contributed by atoms with Gasteiger partial charge in [0.05, 0.1) is 18.1 Å². The van der Waals surface area contributed by atoms with Crippen molar-refractivity contribution in [2.24, 2.45) is 0 Å². The normalized spacial score (nSPS) is 10.5. The van der Waals surface area contributed by atoms with Gasteiger partial charge in [0.15, 0.2) is 0 Å². The number of hydrogen-bond donors (Lipinski definition) is 1. The average molecular weight is 271 g/mol. The van der Waals surface area contributed by atoms with Crippen LogP contribution in [0.1, 0.15) is 31.5 Å². The first-order valence-corrected chi connectivity index (χ1v) is 7.10. The molecule has 1 heterocycles. The second-order valence-corrected chi connectivity index (χ2v) is 4.62. The zero-order valence-corrected chi connectivity index (χ0v) is 12.1. The highest BCUT2D eigenvalue weighted by molar-refractivity contribution is 5.30. The number of aromatic nitrogens is 2. The van der Waals surface area contributed by atoms with Crippen molar-refractivity contribution in [3.8, 4) is 11.6 Å². The molecule has 0 bridgehead atoms. The van der Waals surface area contributed by atoms with E-state index in [2.05, 4.69) is 41.3 Å². The fourth-order valence-electron chi connectivity index (χ4n) is 1.87. The number of benzene rings is 1. The fourth-order valence-corrected chi connectivity index (χ4v) is 1.87. The van der Waals surface area contributed by atoms with Crippen LogP contribution in [0.4, 0.5) is 0 Å². The van der Waals surface area contributed by atoms with E-state index in [-0.39, 0.29) is 0 Å². The van der Waals surface area contributed by atoms with Crippen molar-refractivity contribution in [2.45, 2.75) is 33.2 Å². The Morgan fingerprint density at radius 3 is 2.45 bits per heavy atom. The lowest BCUT2D eigenvalue weighted by Gasteiger charge is -2.06. The van der Waals surface area contributed by atoms with E-state index in [1.165, 1.54) is 5.56 Å². The van der Waals surface area contributed by atoms with Crippen LogP contribution in [0.5, 0.6) is 11.6 Å². The number of rotatable bonds is 7. The Hall–Kier alpha value is -1.94. The third-order valence-electron chi connectivity index (χ3n) is 2.92. The van der Waals surface area contributed by atoms with Crippen LogP contribution < -0.4 is 10.1 Å². The number of aryl methyl sites for hydroxylation is 1. The molecule has 0 fully saturated rings. The molecule has 106 valence electrons. The maximum absolute atomic E-state index is 5.68. The number of ether oxygens (including phenoxy) is 1. The Morgan fingerprint density at radius 2 is 1.85 bits per heavy atom. The summed E-state index contributed by atoms with van der Waals surface area (Å²) in [6.45, 7) is 5.89.